The molecule has 0 saturated carbocycles. The molecule has 3 aromatic rings. The molecule has 2 unspecified atom stereocenters. The molecule has 0 radical (unpaired) electrons. The van der Waals surface area contributed by atoms with Gasteiger partial charge in [0, 0.05) is 18.8 Å². The Morgan fingerprint density at radius 1 is 0.829 bits per heavy atom. The average Bonchev–Trinajstić information content (AvgIpc) is 2.83. The highest BCUT2D eigenvalue weighted by Crippen LogP contribution is 2.43. The zero-order valence-electron chi connectivity index (χ0n) is 21.0. The first kappa shape index (κ1) is 24.6. The van der Waals surface area contributed by atoms with Gasteiger partial charge in [-0.3, -0.25) is 4.79 Å². The Morgan fingerprint density at radius 2 is 1.37 bits per heavy atom. The van der Waals surface area contributed by atoms with Crippen molar-refractivity contribution >= 4 is 17.4 Å². The number of nitrogens with zero attached hydrogens (tertiary/aromatic N) is 2. The maximum Gasteiger partial charge on any atom is 0.338 e. The van der Waals surface area contributed by atoms with Crippen molar-refractivity contribution in [1.29, 1.82) is 0 Å². The fourth-order valence-electron chi connectivity index (χ4n) is 4.79. The van der Waals surface area contributed by atoms with Gasteiger partial charge >= 0.3 is 5.97 Å². The number of rotatable bonds is 7. The topological polar surface area (TPSA) is 61.9 Å². The third kappa shape index (κ3) is 5.29. The minimum Gasteiger partial charge on any atom is -0.465 e. The number of hydrogen-bond donors (Lipinski definition) is 1. The van der Waals surface area contributed by atoms with E-state index in [4.69, 9.17) is 4.74 Å². The highest BCUT2D eigenvalue weighted by Gasteiger charge is 2.39. The molecule has 4 rings (SSSR count). The first-order valence-electron chi connectivity index (χ1n) is 11.8. The molecule has 1 aliphatic heterocycles. The maximum atomic E-state index is 14.1. The molecule has 6 heteroatoms. The van der Waals surface area contributed by atoms with E-state index in [1.165, 1.54) is 18.2 Å². The smallest absolute Gasteiger partial charge is 0.338 e. The van der Waals surface area contributed by atoms with E-state index in [1.807, 2.05) is 46.4 Å². The number of carbonyl (C=O) groups excluding carboxylic acids is 2. The van der Waals surface area contributed by atoms with Gasteiger partial charge < -0.3 is 19.9 Å². The highest BCUT2D eigenvalue weighted by molar-refractivity contribution is 6.14. The van der Waals surface area contributed by atoms with Crippen LogP contribution < -0.4 is 5.32 Å². The van der Waals surface area contributed by atoms with E-state index in [0.717, 1.165) is 24.2 Å². The van der Waals surface area contributed by atoms with Gasteiger partial charge in [-0.25, -0.2) is 4.79 Å². The molecule has 0 aliphatic carbocycles. The molecule has 3 aromatic carbocycles. The minimum absolute atomic E-state index is 0.0810. The zero-order valence-corrected chi connectivity index (χ0v) is 21.0. The molecule has 0 fully saturated rings. The van der Waals surface area contributed by atoms with E-state index >= 15 is 0 Å². The van der Waals surface area contributed by atoms with E-state index in [9.17, 15) is 9.59 Å². The summed E-state index contributed by atoms with van der Waals surface area (Å²) in [5.41, 5.74) is 5.66. The molecule has 0 amide bonds. The number of fused-ring (bicyclic) bond motifs is 1. The molecule has 6 nitrogen and oxygen atoms in total. The van der Waals surface area contributed by atoms with E-state index in [2.05, 4.69) is 51.5 Å². The predicted molar refractivity (Wildman–Crippen MR) is 139 cm³/mol. The van der Waals surface area contributed by atoms with Crippen LogP contribution in [0, 0.1) is 0 Å². The number of nitrogens with one attached hydrogen (secondary N) is 1. The van der Waals surface area contributed by atoms with Crippen LogP contribution in [0.1, 0.15) is 54.9 Å². The molecule has 1 aliphatic rings. The van der Waals surface area contributed by atoms with Gasteiger partial charge in [0.2, 0.25) is 0 Å². The van der Waals surface area contributed by atoms with Crippen molar-refractivity contribution in [2.24, 2.45) is 0 Å². The van der Waals surface area contributed by atoms with Gasteiger partial charge in [0.25, 0.3) is 0 Å². The molecular weight excluding hydrogens is 438 g/mol. The lowest BCUT2D eigenvalue weighted by atomic mass is 9.77. The summed E-state index contributed by atoms with van der Waals surface area (Å²) >= 11 is 0. The third-order valence-electron chi connectivity index (χ3n) is 6.32. The van der Waals surface area contributed by atoms with Crippen molar-refractivity contribution in [1.82, 2.24) is 9.80 Å². The van der Waals surface area contributed by atoms with Gasteiger partial charge in [-0.2, -0.15) is 0 Å². The fraction of sp³-hybridized carbons (Fsp3) is 0.310. The summed E-state index contributed by atoms with van der Waals surface area (Å²) in [4.78, 5) is 30.8. The van der Waals surface area contributed by atoms with Crippen molar-refractivity contribution in [2.45, 2.75) is 25.0 Å². The van der Waals surface area contributed by atoms with Crippen LogP contribution in [0.4, 0.5) is 5.69 Å². The highest BCUT2D eigenvalue weighted by atomic mass is 16.5. The number of anilines is 1. The van der Waals surface area contributed by atoms with Gasteiger partial charge in [0.15, 0.2) is 5.78 Å². The van der Waals surface area contributed by atoms with Gasteiger partial charge in [0.05, 0.1) is 30.2 Å². The van der Waals surface area contributed by atoms with E-state index in [1.54, 1.807) is 12.1 Å². The normalized spacial score (nSPS) is 17.3. The average molecular weight is 472 g/mol. The molecular formula is C29H33N3O3. The summed E-state index contributed by atoms with van der Waals surface area (Å²) in [6.07, 6.45) is 0. The molecule has 0 aromatic heterocycles. The van der Waals surface area contributed by atoms with Crippen LogP contribution in [0.15, 0.2) is 66.7 Å². The first-order valence-corrected chi connectivity index (χ1v) is 11.8. The van der Waals surface area contributed by atoms with Crippen LogP contribution in [0.3, 0.4) is 0 Å². The Labute approximate surface area is 207 Å². The number of esters is 1. The second-order valence-electron chi connectivity index (χ2n) is 9.64. The number of methoxy groups -OCH3 is 1. The number of carbonyl (C=O) groups is 2. The standard InChI is InChI=1S/C29H33N3O3/c1-31(2)17-19-9-13-21(14-10-19)25-27(22-15-11-20(12-16-22)18-32(3)4)30-24-8-6-7-23(29(34)35-5)26(24)28(25)33/h6-16,25,27,30H,17-18H2,1-5H3. The molecule has 0 saturated heterocycles. The molecule has 1 N–H and O–H groups in total. The quantitative estimate of drug-likeness (QED) is 0.503. The number of Topliss-reactive ketones (excluding diaryl/α,β-unsaturated/α-hetero) is 1. The van der Waals surface area contributed by atoms with Crippen molar-refractivity contribution in [2.75, 3.05) is 40.6 Å². The number of ketones is 1. The number of hydrogen-bond acceptors (Lipinski definition) is 6. The lowest BCUT2D eigenvalue weighted by Gasteiger charge is -2.35. The van der Waals surface area contributed by atoms with E-state index < -0.39 is 11.9 Å². The Bertz CT molecular complexity index is 1200. The molecule has 0 bridgehead atoms. The summed E-state index contributed by atoms with van der Waals surface area (Å²) in [7, 11) is 9.48. The van der Waals surface area contributed by atoms with Gasteiger partial charge in [-0.15, -0.1) is 0 Å². The number of ether oxygens (including phenoxy) is 1. The van der Waals surface area contributed by atoms with Crippen molar-refractivity contribution < 1.29 is 14.3 Å². The van der Waals surface area contributed by atoms with Crippen LogP contribution in [0.25, 0.3) is 0 Å². The minimum atomic E-state index is -0.511. The van der Waals surface area contributed by atoms with Crippen LogP contribution in [0.5, 0.6) is 0 Å². The van der Waals surface area contributed by atoms with E-state index in [-0.39, 0.29) is 17.4 Å². The fourth-order valence-corrected chi connectivity index (χ4v) is 4.79. The SMILES string of the molecule is COC(=O)c1cccc2c1C(=O)C(c1ccc(CN(C)C)cc1)C(c1ccc(CN(C)C)cc1)N2. The second kappa shape index (κ2) is 10.4. The van der Waals surface area contributed by atoms with Gasteiger partial charge in [0.1, 0.15) is 0 Å². The second-order valence-corrected chi connectivity index (χ2v) is 9.64. The van der Waals surface area contributed by atoms with Crippen molar-refractivity contribution in [3.8, 4) is 0 Å². The molecule has 1 heterocycles. The molecule has 2 atom stereocenters. The van der Waals surface area contributed by atoms with E-state index in [0.29, 0.717) is 11.3 Å². The summed E-state index contributed by atoms with van der Waals surface area (Å²) in [5, 5.41) is 3.57. The van der Waals surface area contributed by atoms with Crippen LogP contribution in [-0.2, 0) is 17.8 Å². The number of benzene rings is 3. The monoisotopic (exact) mass is 471 g/mol. The van der Waals surface area contributed by atoms with Crippen LogP contribution in [-0.4, -0.2) is 56.9 Å². The Balaban J connectivity index is 1.79. The summed E-state index contributed by atoms with van der Waals surface area (Å²) in [6, 6.07) is 21.6. The maximum absolute atomic E-state index is 14.1. The largest absolute Gasteiger partial charge is 0.465 e. The molecule has 182 valence electrons. The summed E-state index contributed by atoms with van der Waals surface area (Å²) < 4.78 is 4.97. The van der Waals surface area contributed by atoms with Crippen LogP contribution in [0.2, 0.25) is 0 Å². The Kier molecular flexibility index (Phi) is 7.34. The summed E-state index contributed by atoms with van der Waals surface area (Å²) in [5.74, 6) is -1.08. The third-order valence-corrected chi connectivity index (χ3v) is 6.32. The Hall–Kier alpha value is -3.48. The van der Waals surface area contributed by atoms with Crippen molar-refractivity contribution in [3.05, 3.63) is 100 Å². The first-order chi connectivity index (χ1) is 16.8. The van der Waals surface area contributed by atoms with Crippen molar-refractivity contribution in [3.63, 3.8) is 0 Å². The summed E-state index contributed by atoms with van der Waals surface area (Å²) in [6.45, 7) is 1.67. The zero-order chi connectivity index (χ0) is 25.1. The molecule has 0 spiro atoms. The predicted octanol–water partition coefficient (Wildman–Crippen LogP) is 4.73. The molecule has 35 heavy (non-hydrogen) atoms. The lowest BCUT2D eigenvalue weighted by Crippen LogP contribution is -2.33. The Morgan fingerprint density at radius 3 is 1.89 bits per heavy atom. The van der Waals surface area contributed by atoms with Gasteiger partial charge in [-0.05, 0) is 62.6 Å². The lowest BCUT2D eigenvalue weighted by molar-refractivity contribution is 0.0596. The van der Waals surface area contributed by atoms with Crippen LogP contribution >= 0.6 is 0 Å². The van der Waals surface area contributed by atoms with Gasteiger partial charge in [-0.1, -0.05) is 54.6 Å².